The van der Waals surface area contributed by atoms with Gasteiger partial charge in [-0.2, -0.15) is 5.10 Å². The molecule has 0 aliphatic rings. The van der Waals surface area contributed by atoms with Gasteiger partial charge in [-0.1, -0.05) is 18.3 Å². The van der Waals surface area contributed by atoms with Crippen LogP contribution in [-0.2, 0) is 13.5 Å². The molecule has 0 aromatic carbocycles. The topological polar surface area (TPSA) is 63.8 Å². The second-order valence-corrected chi connectivity index (χ2v) is 5.58. The van der Waals surface area contributed by atoms with Gasteiger partial charge in [0, 0.05) is 19.2 Å². The monoisotopic (exact) mass is 266 g/mol. The van der Waals surface area contributed by atoms with Crippen LogP contribution in [0.5, 0.6) is 0 Å². The van der Waals surface area contributed by atoms with Gasteiger partial charge >= 0.3 is 0 Å². The number of aromatic nitrogens is 4. The SMILES string of the molecule is Cc1cc(CC(O)c2snnc2C(C)C)n(C)n1. The summed E-state index contributed by atoms with van der Waals surface area (Å²) in [6.45, 7) is 6.06. The Kier molecular flexibility index (Phi) is 3.77. The highest BCUT2D eigenvalue weighted by Crippen LogP contribution is 2.28. The maximum Gasteiger partial charge on any atom is 0.0972 e. The third-order valence-electron chi connectivity index (χ3n) is 2.89. The molecule has 98 valence electrons. The van der Waals surface area contributed by atoms with Crippen LogP contribution < -0.4 is 0 Å². The van der Waals surface area contributed by atoms with Gasteiger partial charge in [-0.3, -0.25) is 4.68 Å². The van der Waals surface area contributed by atoms with Crippen LogP contribution in [0.25, 0.3) is 0 Å². The molecule has 1 atom stereocenters. The molecule has 0 radical (unpaired) electrons. The first-order chi connectivity index (χ1) is 8.49. The van der Waals surface area contributed by atoms with E-state index < -0.39 is 6.10 Å². The normalized spacial score (nSPS) is 13.2. The number of aryl methyl sites for hydroxylation is 2. The van der Waals surface area contributed by atoms with Gasteiger partial charge in [-0.15, -0.1) is 5.10 Å². The highest BCUT2D eigenvalue weighted by atomic mass is 32.1. The zero-order valence-corrected chi connectivity index (χ0v) is 11.9. The summed E-state index contributed by atoms with van der Waals surface area (Å²) >= 11 is 1.28. The van der Waals surface area contributed by atoms with Crippen LogP contribution in [0, 0.1) is 6.92 Å². The highest BCUT2D eigenvalue weighted by Gasteiger charge is 2.20. The van der Waals surface area contributed by atoms with Gasteiger partial charge in [0.15, 0.2) is 0 Å². The smallest absolute Gasteiger partial charge is 0.0972 e. The Labute approximate surface area is 111 Å². The average Bonchev–Trinajstić information content (AvgIpc) is 2.86. The van der Waals surface area contributed by atoms with Gasteiger partial charge in [0.2, 0.25) is 0 Å². The molecule has 2 rings (SSSR count). The van der Waals surface area contributed by atoms with Crippen LogP contribution in [0.4, 0.5) is 0 Å². The number of aliphatic hydroxyl groups is 1. The molecule has 0 saturated carbocycles. The van der Waals surface area contributed by atoms with Crippen molar-refractivity contribution in [1.29, 1.82) is 0 Å². The van der Waals surface area contributed by atoms with E-state index in [-0.39, 0.29) is 5.92 Å². The number of nitrogens with zero attached hydrogens (tertiary/aromatic N) is 4. The van der Waals surface area contributed by atoms with E-state index in [1.165, 1.54) is 11.5 Å². The van der Waals surface area contributed by atoms with Crippen molar-refractivity contribution in [2.45, 2.75) is 39.2 Å². The highest BCUT2D eigenvalue weighted by molar-refractivity contribution is 7.05. The van der Waals surface area contributed by atoms with Crippen LogP contribution in [0.1, 0.15) is 47.8 Å². The van der Waals surface area contributed by atoms with E-state index in [4.69, 9.17) is 0 Å². The predicted octanol–water partition coefficient (Wildman–Crippen LogP) is 1.98. The first-order valence-corrected chi connectivity index (χ1v) is 6.76. The van der Waals surface area contributed by atoms with E-state index in [1.54, 1.807) is 0 Å². The summed E-state index contributed by atoms with van der Waals surface area (Å²) in [5.41, 5.74) is 2.88. The van der Waals surface area contributed by atoms with Gasteiger partial charge in [-0.05, 0) is 30.4 Å². The number of aliphatic hydroxyl groups excluding tert-OH is 1. The standard InChI is InChI=1S/C12H18N4OS/c1-7(2)11-12(18-15-13-11)10(17)6-9-5-8(3)14-16(9)4/h5,7,10,17H,6H2,1-4H3. The fraction of sp³-hybridized carbons (Fsp3) is 0.583. The van der Waals surface area contributed by atoms with Gasteiger partial charge in [0.25, 0.3) is 0 Å². The van der Waals surface area contributed by atoms with Crippen molar-refractivity contribution in [2.75, 3.05) is 0 Å². The molecule has 6 heteroatoms. The number of hydrogen-bond donors (Lipinski definition) is 1. The molecule has 0 saturated heterocycles. The molecular weight excluding hydrogens is 248 g/mol. The van der Waals surface area contributed by atoms with Crippen LogP contribution in [0.2, 0.25) is 0 Å². The van der Waals surface area contributed by atoms with Crippen LogP contribution in [-0.4, -0.2) is 24.5 Å². The summed E-state index contributed by atoms with van der Waals surface area (Å²) < 4.78 is 5.75. The van der Waals surface area contributed by atoms with Crippen LogP contribution in [0.3, 0.4) is 0 Å². The lowest BCUT2D eigenvalue weighted by atomic mass is 10.0. The molecular formula is C12H18N4OS. The molecule has 1 N–H and O–H groups in total. The van der Waals surface area contributed by atoms with Crippen molar-refractivity contribution in [3.8, 4) is 0 Å². The summed E-state index contributed by atoms with van der Waals surface area (Å²) in [4.78, 5) is 0.865. The maximum atomic E-state index is 10.3. The second kappa shape index (κ2) is 5.16. The first kappa shape index (κ1) is 13.2. The lowest BCUT2D eigenvalue weighted by molar-refractivity contribution is 0.178. The molecule has 5 nitrogen and oxygen atoms in total. The minimum absolute atomic E-state index is 0.279. The zero-order chi connectivity index (χ0) is 13.3. The average molecular weight is 266 g/mol. The number of rotatable bonds is 4. The van der Waals surface area contributed by atoms with Gasteiger partial charge < -0.3 is 5.11 Å². The van der Waals surface area contributed by atoms with Gasteiger partial charge in [-0.25, -0.2) is 0 Å². The van der Waals surface area contributed by atoms with E-state index in [0.29, 0.717) is 6.42 Å². The van der Waals surface area contributed by atoms with E-state index in [1.807, 2.05) is 24.7 Å². The molecule has 2 heterocycles. The second-order valence-electron chi connectivity index (χ2n) is 4.80. The Balaban J connectivity index is 2.19. The maximum absolute atomic E-state index is 10.3. The molecule has 18 heavy (non-hydrogen) atoms. The molecule has 0 fully saturated rings. The molecule has 0 amide bonds. The van der Waals surface area contributed by atoms with Crippen molar-refractivity contribution >= 4 is 11.5 Å². The van der Waals surface area contributed by atoms with Crippen molar-refractivity contribution < 1.29 is 5.11 Å². The predicted molar refractivity (Wildman–Crippen MR) is 70.6 cm³/mol. The van der Waals surface area contributed by atoms with E-state index in [9.17, 15) is 5.11 Å². The molecule has 0 bridgehead atoms. The van der Waals surface area contributed by atoms with Crippen LogP contribution >= 0.6 is 11.5 Å². The molecule has 0 aliphatic heterocycles. The van der Waals surface area contributed by atoms with E-state index in [0.717, 1.165) is 22.0 Å². The summed E-state index contributed by atoms with van der Waals surface area (Å²) in [6.07, 6.45) is -0.0156. The van der Waals surface area contributed by atoms with E-state index >= 15 is 0 Å². The lowest BCUT2D eigenvalue weighted by Crippen LogP contribution is -2.07. The first-order valence-electron chi connectivity index (χ1n) is 5.98. The quantitative estimate of drug-likeness (QED) is 0.919. The van der Waals surface area contributed by atoms with Gasteiger partial charge in [0.1, 0.15) is 0 Å². The summed E-state index contributed by atoms with van der Waals surface area (Å²) in [7, 11) is 1.89. The number of hydrogen-bond acceptors (Lipinski definition) is 5. The van der Waals surface area contributed by atoms with Crippen molar-refractivity contribution in [2.24, 2.45) is 7.05 Å². The Morgan fingerprint density at radius 3 is 2.72 bits per heavy atom. The summed E-state index contributed by atoms with van der Waals surface area (Å²) in [5.74, 6) is 0.279. The third-order valence-corrected chi connectivity index (χ3v) is 3.73. The molecule has 1 unspecified atom stereocenters. The van der Waals surface area contributed by atoms with Crippen molar-refractivity contribution in [3.05, 3.63) is 28.0 Å². The Hall–Kier alpha value is -1.27. The lowest BCUT2D eigenvalue weighted by Gasteiger charge is -2.11. The fourth-order valence-corrected chi connectivity index (χ4v) is 2.77. The summed E-state index contributed by atoms with van der Waals surface area (Å²) in [6, 6.07) is 1.99. The zero-order valence-electron chi connectivity index (χ0n) is 11.1. The van der Waals surface area contributed by atoms with Crippen LogP contribution in [0.15, 0.2) is 6.07 Å². The van der Waals surface area contributed by atoms with Gasteiger partial charge in [0.05, 0.1) is 22.4 Å². The Bertz CT molecular complexity index is 532. The Morgan fingerprint density at radius 1 is 1.44 bits per heavy atom. The molecule has 0 aliphatic carbocycles. The molecule has 0 spiro atoms. The Morgan fingerprint density at radius 2 is 2.17 bits per heavy atom. The minimum atomic E-state index is -0.558. The van der Waals surface area contributed by atoms with Crippen molar-refractivity contribution in [1.82, 2.24) is 19.4 Å². The largest absolute Gasteiger partial charge is 0.387 e. The minimum Gasteiger partial charge on any atom is -0.387 e. The fourth-order valence-electron chi connectivity index (χ4n) is 1.98. The molecule has 2 aromatic rings. The van der Waals surface area contributed by atoms with E-state index in [2.05, 4.69) is 28.5 Å². The molecule has 2 aromatic heterocycles. The third kappa shape index (κ3) is 2.59. The summed E-state index contributed by atoms with van der Waals surface area (Å²) in [5, 5.41) is 18.7. The van der Waals surface area contributed by atoms with Crippen molar-refractivity contribution in [3.63, 3.8) is 0 Å².